The highest BCUT2D eigenvalue weighted by molar-refractivity contribution is 4.45. The van der Waals surface area contributed by atoms with Crippen LogP contribution in [0.2, 0.25) is 0 Å². The fourth-order valence-corrected chi connectivity index (χ4v) is 1.58. The molecule has 3 N–H and O–H groups in total. The Labute approximate surface area is 96.4 Å². The van der Waals surface area contributed by atoms with E-state index in [2.05, 4.69) is 13.8 Å². The van der Waals surface area contributed by atoms with Crippen LogP contribution in [-0.2, 0) is 4.74 Å². The molecule has 0 aromatic heterocycles. The lowest BCUT2D eigenvalue weighted by atomic mass is 10.1. The van der Waals surface area contributed by atoms with Gasteiger partial charge in [0.1, 0.15) is 0 Å². The fraction of sp³-hybridized carbons (Fsp3) is 1.00. The van der Waals surface area contributed by atoms with E-state index in [1.165, 1.54) is 51.4 Å². The zero-order chi connectivity index (χ0) is 10.5. The first-order chi connectivity index (χ1) is 6.91. The molecule has 0 saturated carbocycles. The highest BCUT2D eigenvalue weighted by Crippen LogP contribution is 2.08. The van der Waals surface area contributed by atoms with Crippen LogP contribution in [-0.4, -0.2) is 13.2 Å². The maximum absolute atomic E-state index is 5.43. The van der Waals surface area contributed by atoms with Crippen LogP contribution in [0.4, 0.5) is 0 Å². The van der Waals surface area contributed by atoms with Gasteiger partial charge in [0.05, 0.1) is 0 Å². The van der Waals surface area contributed by atoms with E-state index in [1.807, 2.05) is 0 Å². The van der Waals surface area contributed by atoms with Gasteiger partial charge in [0, 0.05) is 13.2 Å². The maximum Gasteiger partial charge on any atom is 0.0466 e. The van der Waals surface area contributed by atoms with E-state index in [9.17, 15) is 0 Å². The number of ether oxygens (including phenoxy) is 1. The van der Waals surface area contributed by atoms with Crippen molar-refractivity contribution in [2.75, 3.05) is 13.2 Å². The molecule has 0 saturated heterocycles. The molecule has 0 aliphatic rings. The van der Waals surface area contributed by atoms with Crippen molar-refractivity contribution in [3.63, 3.8) is 0 Å². The van der Waals surface area contributed by atoms with Crippen LogP contribution in [0.5, 0.6) is 0 Å². The van der Waals surface area contributed by atoms with Crippen molar-refractivity contribution < 1.29 is 4.74 Å². The molecule has 0 aromatic rings. The van der Waals surface area contributed by atoms with E-state index in [4.69, 9.17) is 4.74 Å². The highest BCUT2D eigenvalue weighted by Gasteiger charge is 1.91. The van der Waals surface area contributed by atoms with Crippen molar-refractivity contribution in [2.45, 2.75) is 71.6 Å². The second kappa shape index (κ2) is 16.4. The van der Waals surface area contributed by atoms with Gasteiger partial charge in [-0.3, -0.25) is 0 Å². The fourth-order valence-electron chi connectivity index (χ4n) is 1.58. The predicted molar refractivity (Wildman–Crippen MR) is 68.7 cm³/mol. The van der Waals surface area contributed by atoms with Gasteiger partial charge >= 0.3 is 0 Å². The second-order valence-corrected chi connectivity index (χ2v) is 4.09. The van der Waals surface area contributed by atoms with Crippen molar-refractivity contribution in [1.29, 1.82) is 0 Å². The van der Waals surface area contributed by atoms with Gasteiger partial charge in [-0.05, 0) is 12.8 Å². The smallest absolute Gasteiger partial charge is 0.0466 e. The molecule has 2 heteroatoms. The van der Waals surface area contributed by atoms with Crippen molar-refractivity contribution in [3.05, 3.63) is 0 Å². The molecule has 2 nitrogen and oxygen atoms in total. The molecule has 0 radical (unpaired) electrons. The van der Waals surface area contributed by atoms with E-state index in [1.54, 1.807) is 0 Å². The van der Waals surface area contributed by atoms with Crippen molar-refractivity contribution in [3.8, 4) is 0 Å². The lowest BCUT2D eigenvalue weighted by Gasteiger charge is -2.02. The molecule has 0 bridgehead atoms. The topological polar surface area (TPSA) is 44.2 Å². The summed E-state index contributed by atoms with van der Waals surface area (Å²) in [4.78, 5) is 0. The Morgan fingerprint density at radius 2 is 1.13 bits per heavy atom. The van der Waals surface area contributed by atoms with Crippen LogP contribution >= 0.6 is 0 Å². The first kappa shape index (κ1) is 17.3. The SMILES string of the molecule is CCCCCCCCCCOCCC.N. The average molecular weight is 217 g/mol. The maximum atomic E-state index is 5.43. The average Bonchev–Trinajstić information content (AvgIpc) is 2.21. The Morgan fingerprint density at radius 1 is 0.600 bits per heavy atom. The van der Waals surface area contributed by atoms with Crippen LogP contribution in [0.25, 0.3) is 0 Å². The van der Waals surface area contributed by atoms with Crippen LogP contribution < -0.4 is 6.15 Å². The van der Waals surface area contributed by atoms with Gasteiger partial charge in [-0.2, -0.15) is 0 Å². The first-order valence-electron chi connectivity index (χ1n) is 6.49. The van der Waals surface area contributed by atoms with Gasteiger partial charge in [-0.25, -0.2) is 0 Å². The normalized spacial score (nSPS) is 10.0. The molecule has 0 aliphatic carbocycles. The van der Waals surface area contributed by atoms with Crippen LogP contribution in [0.1, 0.15) is 71.6 Å². The summed E-state index contributed by atoms with van der Waals surface area (Å²) in [7, 11) is 0. The van der Waals surface area contributed by atoms with E-state index < -0.39 is 0 Å². The molecule has 0 fully saturated rings. The molecule has 0 spiro atoms. The van der Waals surface area contributed by atoms with Gasteiger partial charge in [0.15, 0.2) is 0 Å². The Kier molecular flexibility index (Phi) is 18.9. The van der Waals surface area contributed by atoms with Crippen LogP contribution in [0, 0.1) is 0 Å². The molecule has 0 aromatic carbocycles. The zero-order valence-electron chi connectivity index (χ0n) is 10.9. The highest BCUT2D eigenvalue weighted by atomic mass is 16.5. The van der Waals surface area contributed by atoms with E-state index >= 15 is 0 Å². The summed E-state index contributed by atoms with van der Waals surface area (Å²) in [6.07, 6.45) is 12.2. The summed E-state index contributed by atoms with van der Waals surface area (Å²) in [5.74, 6) is 0. The van der Waals surface area contributed by atoms with Gasteiger partial charge in [0.2, 0.25) is 0 Å². The van der Waals surface area contributed by atoms with Crippen molar-refractivity contribution in [2.24, 2.45) is 0 Å². The second-order valence-electron chi connectivity index (χ2n) is 4.09. The number of hydrogen-bond acceptors (Lipinski definition) is 2. The van der Waals surface area contributed by atoms with E-state index in [-0.39, 0.29) is 6.15 Å². The summed E-state index contributed by atoms with van der Waals surface area (Å²) in [5.41, 5.74) is 0. The summed E-state index contributed by atoms with van der Waals surface area (Å²) >= 11 is 0. The minimum atomic E-state index is 0. The van der Waals surface area contributed by atoms with Gasteiger partial charge in [0.25, 0.3) is 0 Å². The molecule has 0 rings (SSSR count). The van der Waals surface area contributed by atoms with Gasteiger partial charge in [-0.1, -0.05) is 58.8 Å². The first-order valence-corrected chi connectivity index (χ1v) is 6.49. The lowest BCUT2D eigenvalue weighted by Crippen LogP contribution is -1.95. The molecule has 0 amide bonds. The molecular weight excluding hydrogens is 186 g/mol. The largest absolute Gasteiger partial charge is 0.381 e. The molecule has 0 atom stereocenters. The lowest BCUT2D eigenvalue weighted by molar-refractivity contribution is 0.130. The Balaban J connectivity index is 0. The standard InChI is InChI=1S/C13H28O.H3N/c1-3-5-6-7-8-9-10-11-13-14-12-4-2;/h3-13H2,1-2H3;1H3. The third-order valence-electron chi connectivity index (χ3n) is 2.49. The third-order valence-corrected chi connectivity index (χ3v) is 2.49. The third kappa shape index (κ3) is 16.6. The molecule has 0 aliphatic heterocycles. The van der Waals surface area contributed by atoms with E-state index in [0.29, 0.717) is 0 Å². The molecule has 0 unspecified atom stereocenters. The summed E-state index contributed by atoms with van der Waals surface area (Å²) in [6.45, 7) is 6.35. The molecular formula is C13H31NO. The Hall–Kier alpha value is -0.0800. The minimum Gasteiger partial charge on any atom is -0.381 e. The summed E-state index contributed by atoms with van der Waals surface area (Å²) in [5, 5.41) is 0. The van der Waals surface area contributed by atoms with Gasteiger partial charge < -0.3 is 10.9 Å². The predicted octanol–water partition coefficient (Wildman–Crippen LogP) is 4.72. The Bertz CT molecular complexity index is 84.5. The van der Waals surface area contributed by atoms with Crippen molar-refractivity contribution in [1.82, 2.24) is 6.15 Å². The molecule has 15 heavy (non-hydrogen) atoms. The number of rotatable bonds is 11. The quantitative estimate of drug-likeness (QED) is 0.509. The monoisotopic (exact) mass is 217 g/mol. The number of unbranched alkanes of at least 4 members (excludes halogenated alkanes) is 7. The van der Waals surface area contributed by atoms with Crippen LogP contribution in [0.15, 0.2) is 0 Å². The zero-order valence-corrected chi connectivity index (χ0v) is 10.9. The summed E-state index contributed by atoms with van der Waals surface area (Å²) in [6, 6.07) is 0. The summed E-state index contributed by atoms with van der Waals surface area (Å²) < 4.78 is 5.43. The van der Waals surface area contributed by atoms with Crippen molar-refractivity contribution >= 4 is 0 Å². The Morgan fingerprint density at radius 3 is 1.67 bits per heavy atom. The molecule has 94 valence electrons. The molecule has 0 heterocycles. The van der Waals surface area contributed by atoms with Gasteiger partial charge in [-0.15, -0.1) is 0 Å². The minimum absolute atomic E-state index is 0. The number of hydrogen-bond donors (Lipinski definition) is 1. The van der Waals surface area contributed by atoms with Crippen LogP contribution in [0.3, 0.4) is 0 Å². The van der Waals surface area contributed by atoms with E-state index in [0.717, 1.165) is 19.6 Å².